The van der Waals surface area contributed by atoms with Gasteiger partial charge in [-0.3, -0.25) is 9.69 Å². The lowest BCUT2D eigenvalue weighted by molar-refractivity contribution is -0.140. The third-order valence-corrected chi connectivity index (χ3v) is 7.61. The first-order valence-electron chi connectivity index (χ1n) is 12.4. The molecule has 2 aliphatic heterocycles. The molecular formula is C30H31N3O3. The molecule has 2 atom stereocenters. The summed E-state index contributed by atoms with van der Waals surface area (Å²) >= 11 is 0. The number of ether oxygens (including phenoxy) is 2. The van der Waals surface area contributed by atoms with Crippen molar-refractivity contribution in [2.75, 3.05) is 20.8 Å². The van der Waals surface area contributed by atoms with Gasteiger partial charge in [-0.2, -0.15) is 5.26 Å². The summed E-state index contributed by atoms with van der Waals surface area (Å²) < 4.78 is 11.0. The van der Waals surface area contributed by atoms with Crippen molar-refractivity contribution < 1.29 is 14.3 Å². The van der Waals surface area contributed by atoms with Gasteiger partial charge in [0.05, 0.1) is 37.9 Å². The number of amides is 1. The lowest BCUT2D eigenvalue weighted by Crippen LogP contribution is -2.53. The molecule has 0 spiro atoms. The van der Waals surface area contributed by atoms with Crippen LogP contribution < -0.4 is 9.47 Å². The van der Waals surface area contributed by atoms with Crippen LogP contribution >= 0.6 is 0 Å². The molecule has 3 aromatic carbocycles. The molecule has 0 aliphatic carbocycles. The first kappa shape index (κ1) is 23.9. The molecule has 0 aromatic heterocycles. The highest BCUT2D eigenvalue weighted by molar-refractivity contribution is 5.83. The van der Waals surface area contributed by atoms with E-state index in [4.69, 9.17) is 9.47 Å². The minimum absolute atomic E-state index is 0.0773. The van der Waals surface area contributed by atoms with Crippen LogP contribution in [0.25, 0.3) is 0 Å². The summed E-state index contributed by atoms with van der Waals surface area (Å²) in [6, 6.07) is 22.0. The zero-order valence-corrected chi connectivity index (χ0v) is 21.0. The Balaban J connectivity index is 1.47. The molecule has 5 rings (SSSR count). The number of nitrogens with zero attached hydrogens (tertiary/aromatic N) is 3. The van der Waals surface area contributed by atoms with E-state index >= 15 is 0 Å². The molecule has 6 nitrogen and oxygen atoms in total. The van der Waals surface area contributed by atoms with E-state index in [1.165, 1.54) is 16.7 Å². The van der Waals surface area contributed by atoms with Gasteiger partial charge in [-0.15, -0.1) is 0 Å². The summed E-state index contributed by atoms with van der Waals surface area (Å²) in [5.41, 5.74) is 6.36. The number of rotatable bonds is 5. The average Bonchev–Trinajstić information content (AvgIpc) is 2.92. The van der Waals surface area contributed by atoms with Crippen LogP contribution in [-0.4, -0.2) is 42.5 Å². The Morgan fingerprint density at radius 1 is 1.00 bits per heavy atom. The zero-order valence-electron chi connectivity index (χ0n) is 21.0. The normalized spacial score (nSPS) is 19.1. The van der Waals surface area contributed by atoms with Gasteiger partial charge in [0.15, 0.2) is 11.5 Å². The van der Waals surface area contributed by atoms with Gasteiger partial charge >= 0.3 is 0 Å². The molecule has 2 aliphatic rings. The largest absolute Gasteiger partial charge is 0.493 e. The van der Waals surface area contributed by atoms with Crippen molar-refractivity contribution in [2.24, 2.45) is 0 Å². The van der Waals surface area contributed by atoms with E-state index in [1.807, 2.05) is 53.4 Å². The monoisotopic (exact) mass is 481 g/mol. The molecule has 36 heavy (non-hydrogen) atoms. The van der Waals surface area contributed by atoms with Crippen LogP contribution in [0.15, 0.2) is 60.7 Å². The predicted octanol–water partition coefficient (Wildman–Crippen LogP) is 4.65. The molecule has 0 saturated heterocycles. The van der Waals surface area contributed by atoms with Crippen LogP contribution in [0.4, 0.5) is 0 Å². The summed E-state index contributed by atoms with van der Waals surface area (Å²) in [5.74, 6) is 1.53. The number of benzene rings is 3. The molecule has 0 fully saturated rings. The third-order valence-electron chi connectivity index (χ3n) is 7.61. The summed E-state index contributed by atoms with van der Waals surface area (Å²) in [6.45, 7) is 3.98. The molecule has 0 bridgehead atoms. The van der Waals surface area contributed by atoms with E-state index in [1.54, 1.807) is 14.2 Å². The second kappa shape index (κ2) is 10.0. The molecule has 3 aromatic rings. The standard InChI is InChI=1S/C30H31N3O3/c1-20-26-16-29(36-3)28(35-2)15-22(26)12-13-33(20)30(34)27-14-21-8-4-6-10-24(21)18-32(27)19-25-11-7-5-9-23(25)17-31/h4-11,15-16,20,27H,12-14,18-19H2,1-3H3. The van der Waals surface area contributed by atoms with Crippen molar-refractivity contribution in [3.05, 3.63) is 94.0 Å². The molecule has 184 valence electrons. The highest BCUT2D eigenvalue weighted by atomic mass is 16.5. The Labute approximate surface area is 212 Å². The maximum absolute atomic E-state index is 14.2. The zero-order chi connectivity index (χ0) is 25.2. The van der Waals surface area contributed by atoms with E-state index in [0.717, 1.165) is 23.3 Å². The second-order valence-corrected chi connectivity index (χ2v) is 9.53. The number of hydrogen-bond donors (Lipinski definition) is 0. The summed E-state index contributed by atoms with van der Waals surface area (Å²) in [5, 5.41) is 9.63. The van der Waals surface area contributed by atoms with Gasteiger partial charge in [0.25, 0.3) is 0 Å². The Morgan fingerprint density at radius 2 is 1.69 bits per heavy atom. The molecular weight excluding hydrogens is 450 g/mol. The number of methoxy groups -OCH3 is 2. The van der Waals surface area contributed by atoms with Crippen molar-refractivity contribution in [3.63, 3.8) is 0 Å². The SMILES string of the molecule is COc1cc2c(cc1OC)C(C)N(C(=O)C1Cc3ccccc3CN1Cc1ccccc1C#N)CC2. The lowest BCUT2D eigenvalue weighted by atomic mass is 9.89. The number of nitriles is 1. The van der Waals surface area contributed by atoms with Gasteiger partial charge in [-0.05, 0) is 65.8 Å². The lowest BCUT2D eigenvalue weighted by Gasteiger charge is -2.42. The van der Waals surface area contributed by atoms with Gasteiger partial charge in [-0.25, -0.2) is 0 Å². The number of hydrogen-bond acceptors (Lipinski definition) is 5. The molecule has 6 heteroatoms. The molecule has 0 N–H and O–H groups in total. The summed E-state index contributed by atoms with van der Waals surface area (Å²) in [6.07, 6.45) is 1.43. The minimum atomic E-state index is -0.296. The quantitative estimate of drug-likeness (QED) is 0.531. The molecule has 2 heterocycles. The van der Waals surface area contributed by atoms with E-state index in [0.29, 0.717) is 37.4 Å². The van der Waals surface area contributed by atoms with Crippen molar-refractivity contribution in [1.29, 1.82) is 5.26 Å². The topological polar surface area (TPSA) is 65.8 Å². The van der Waals surface area contributed by atoms with Crippen LogP contribution in [0.5, 0.6) is 11.5 Å². The van der Waals surface area contributed by atoms with E-state index in [2.05, 4.69) is 30.0 Å². The predicted molar refractivity (Wildman–Crippen MR) is 138 cm³/mol. The number of carbonyl (C=O) groups excluding carboxylic acids is 1. The van der Waals surface area contributed by atoms with Gasteiger partial charge in [0.2, 0.25) is 5.91 Å². The molecule has 0 saturated carbocycles. The number of carbonyl (C=O) groups is 1. The molecule has 1 amide bonds. The molecule has 0 radical (unpaired) electrons. The van der Waals surface area contributed by atoms with Crippen LogP contribution in [0, 0.1) is 11.3 Å². The van der Waals surface area contributed by atoms with Gasteiger partial charge < -0.3 is 14.4 Å². The van der Waals surface area contributed by atoms with Crippen LogP contribution in [0.1, 0.15) is 46.3 Å². The van der Waals surface area contributed by atoms with Gasteiger partial charge in [0, 0.05) is 19.6 Å². The van der Waals surface area contributed by atoms with Gasteiger partial charge in [-0.1, -0.05) is 42.5 Å². The third kappa shape index (κ3) is 4.31. The van der Waals surface area contributed by atoms with Crippen molar-refractivity contribution in [1.82, 2.24) is 9.80 Å². The van der Waals surface area contributed by atoms with Gasteiger partial charge in [0.1, 0.15) is 0 Å². The highest BCUT2D eigenvalue weighted by Crippen LogP contribution is 2.39. The maximum Gasteiger partial charge on any atom is 0.240 e. The Hall–Kier alpha value is -3.82. The fraction of sp³-hybridized carbons (Fsp3) is 0.333. The first-order chi connectivity index (χ1) is 17.5. The van der Waals surface area contributed by atoms with E-state index < -0.39 is 0 Å². The summed E-state index contributed by atoms with van der Waals surface area (Å²) in [7, 11) is 3.28. The Kier molecular flexibility index (Phi) is 6.67. The first-order valence-corrected chi connectivity index (χ1v) is 12.4. The van der Waals surface area contributed by atoms with E-state index in [9.17, 15) is 10.1 Å². The molecule has 2 unspecified atom stereocenters. The number of fused-ring (bicyclic) bond motifs is 2. The second-order valence-electron chi connectivity index (χ2n) is 9.53. The van der Waals surface area contributed by atoms with Crippen LogP contribution in [0.3, 0.4) is 0 Å². The smallest absolute Gasteiger partial charge is 0.240 e. The summed E-state index contributed by atoms with van der Waals surface area (Å²) in [4.78, 5) is 18.4. The van der Waals surface area contributed by atoms with Crippen LogP contribution in [0.2, 0.25) is 0 Å². The van der Waals surface area contributed by atoms with Crippen molar-refractivity contribution in [3.8, 4) is 17.6 Å². The van der Waals surface area contributed by atoms with Crippen molar-refractivity contribution in [2.45, 2.75) is 44.9 Å². The minimum Gasteiger partial charge on any atom is -0.493 e. The average molecular weight is 482 g/mol. The maximum atomic E-state index is 14.2. The van der Waals surface area contributed by atoms with Crippen LogP contribution in [-0.2, 0) is 30.7 Å². The van der Waals surface area contributed by atoms with Crippen molar-refractivity contribution >= 4 is 5.91 Å². The Morgan fingerprint density at radius 3 is 2.44 bits per heavy atom. The highest BCUT2D eigenvalue weighted by Gasteiger charge is 2.38. The fourth-order valence-electron chi connectivity index (χ4n) is 5.61. The van der Waals surface area contributed by atoms with E-state index in [-0.39, 0.29) is 18.0 Å². The fourth-order valence-corrected chi connectivity index (χ4v) is 5.61. The Bertz CT molecular complexity index is 1330.